The van der Waals surface area contributed by atoms with Crippen LogP contribution in [0, 0.1) is 5.82 Å². The first kappa shape index (κ1) is 12.9. The summed E-state index contributed by atoms with van der Waals surface area (Å²) >= 11 is 1.47. The smallest absolute Gasteiger partial charge is 0.169 e. The molecule has 0 aliphatic rings. The monoisotopic (exact) mass is 266 g/mol. The first-order valence-corrected chi connectivity index (χ1v) is 6.76. The van der Waals surface area contributed by atoms with E-state index in [-0.39, 0.29) is 5.82 Å². The molecule has 4 nitrogen and oxygen atoms in total. The van der Waals surface area contributed by atoms with Crippen LogP contribution in [0.4, 0.5) is 10.2 Å². The minimum atomic E-state index is -0.184. The van der Waals surface area contributed by atoms with Gasteiger partial charge >= 0.3 is 0 Å². The van der Waals surface area contributed by atoms with Gasteiger partial charge in [-0.05, 0) is 18.6 Å². The third-order valence-electron chi connectivity index (χ3n) is 2.60. The van der Waals surface area contributed by atoms with Gasteiger partial charge in [0.1, 0.15) is 5.82 Å². The Morgan fingerprint density at radius 1 is 1.39 bits per heavy atom. The normalized spacial score (nSPS) is 10.8. The van der Waals surface area contributed by atoms with Gasteiger partial charge in [-0.3, -0.25) is 0 Å². The molecule has 0 radical (unpaired) electrons. The zero-order valence-corrected chi connectivity index (χ0v) is 11.0. The van der Waals surface area contributed by atoms with Gasteiger partial charge in [-0.1, -0.05) is 24.3 Å². The fourth-order valence-electron chi connectivity index (χ4n) is 1.69. The van der Waals surface area contributed by atoms with E-state index in [4.69, 9.17) is 5.73 Å². The second kappa shape index (κ2) is 5.86. The van der Waals surface area contributed by atoms with Gasteiger partial charge in [-0.2, -0.15) is 0 Å². The molecule has 6 heteroatoms. The molecule has 2 N–H and O–H groups in total. The molecule has 0 aliphatic carbocycles. The fourth-order valence-corrected chi connectivity index (χ4v) is 2.56. The van der Waals surface area contributed by atoms with Gasteiger partial charge < -0.3 is 5.73 Å². The molecule has 2 aromatic rings. The first-order valence-electron chi connectivity index (χ1n) is 5.77. The molecule has 1 heterocycles. The van der Waals surface area contributed by atoms with Gasteiger partial charge in [-0.25, -0.2) is 9.07 Å². The van der Waals surface area contributed by atoms with Crippen LogP contribution in [0.15, 0.2) is 29.2 Å². The summed E-state index contributed by atoms with van der Waals surface area (Å²) in [4.78, 5) is 0.656. The Kier molecular flexibility index (Phi) is 4.19. The summed E-state index contributed by atoms with van der Waals surface area (Å²) in [6, 6.07) is 6.76. The number of nitrogens with zero attached hydrogens (tertiary/aromatic N) is 3. The van der Waals surface area contributed by atoms with Crippen molar-refractivity contribution < 1.29 is 4.39 Å². The van der Waals surface area contributed by atoms with Crippen LogP contribution >= 0.6 is 11.8 Å². The number of rotatable bonds is 5. The molecule has 0 bridgehead atoms. The molecule has 0 amide bonds. The summed E-state index contributed by atoms with van der Waals surface area (Å²) in [7, 11) is 0. The Morgan fingerprint density at radius 2 is 2.17 bits per heavy atom. The third-order valence-corrected chi connectivity index (χ3v) is 3.63. The van der Waals surface area contributed by atoms with Crippen LogP contribution < -0.4 is 5.73 Å². The highest BCUT2D eigenvalue weighted by Gasteiger charge is 2.08. The number of aromatic nitrogens is 3. The summed E-state index contributed by atoms with van der Waals surface area (Å²) in [6.07, 6.45) is 0.795. The minimum Gasteiger partial charge on any atom is -0.381 e. The Hall–Kier alpha value is -1.56. The van der Waals surface area contributed by atoms with Crippen molar-refractivity contribution in [1.82, 2.24) is 15.0 Å². The molecule has 0 unspecified atom stereocenters. The van der Waals surface area contributed by atoms with Crippen molar-refractivity contribution in [3.8, 4) is 0 Å². The van der Waals surface area contributed by atoms with Crippen molar-refractivity contribution in [2.75, 3.05) is 11.5 Å². The van der Waals surface area contributed by atoms with E-state index in [9.17, 15) is 4.39 Å². The summed E-state index contributed by atoms with van der Waals surface area (Å²) in [6.45, 7) is 2.68. The van der Waals surface area contributed by atoms with E-state index in [1.165, 1.54) is 17.8 Å². The molecule has 2 rings (SSSR count). The number of anilines is 1. The van der Waals surface area contributed by atoms with Crippen molar-refractivity contribution in [1.29, 1.82) is 0 Å². The molecule has 0 saturated carbocycles. The molecule has 0 aliphatic heterocycles. The topological polar surface area (TPSA) is 56.7 Å². The van der Waals surface area contributed by atoms with Gasteiger partial charge in [0, 0.05) is 10.6 Å². The Balaban J connectivity index is 1.95. The van der Waals surface area contributed by atoms with Gasteiger partial charge in [0.2, 0.25) is 0 Å². The molecule has 0 spiro atoms. The molecule has 0 saturated heterocycles. The summed E-state index contributed by atoms with van der Waals surface area (Å²) in [5, 5.41) is 7.81. The molecule has 0 fully saturated rings. The number of nitrogens with two attached hydrogens (primary N) is 1. The van der Waals surface area contributed by atoms with E-state index in [0.29, 0.717) is 17.3 Å². The lowest BCUT2D eigenvalue weighted by molar-refractivity contribution is 0.597. The lowest BCUT2D eigenvalue weighted by Crippen LogP contribution is -2.07. The second-order valence-corrected chi connectivity index (χ2v) is 4.91. The van der Waals surface area contributed by atoms with E-state index in [1.54, 1.807) is 16.8 Å². The fraction of sp³-hybridized carbons (Fsp3) is 0.333. The molecule has 0 atom stereocenters. The van der Waals surface area contributed by atoms with E-state index in [0.717, 1.165) is 17.9 Å². The number of aryl methyl sites for hydroxylation is 1. The average molecular weight is 266 g/mol. The lowest BCUT2D eigenvalue weighted by Gasteiger charge is -2.05. The molecule has 96 valence electrons. The molecular formula is C12H15FN4S. The zero-order chi connectivity index (χ0) is 13.0. The maximum atomic E-state index is 13.4. The Bertz CT molecular complexity index is 527. The van der Waals surface area contributed by atoms with Gasteiger partial charge in [0.25, 0.3) is 0 Å². The average Bonchev–Trinajstić information content (AvgIpc) is 2.72. The van der Waals surface area contributed by atoms with Crippen molar-refractivity contribution in [3.63, 3.8) is 0 Å². The number of benzene rings is 1. The van der Waals surface area contributed by atoms with Crippen molar-refractivity contribution in [2.24, 2.45) is 0 Å². The first-order chi connectivity index (χ1) is 8.72. The number of hydrogen-bond acceptors (Lipinski definition) is 4. The predicted molar refractivity (Wildman–Crippen MR) is 70.9 cm³/mol. The van der Waals surface area contributed by atoms with Crippen LogP contribution in [-0.4, -0.2) is 20.7 Å². The Labute approximate surface area is 109 Å². The number of halogens is 1. The highest BCUT2D eigenvalue weighted by molar-refractivity contribution is 7.99. The highest BCUT2D eigenvalue weighted by atomic mass is 32.2. The van der Waals surface area contributed by atoms with Gasteiger partial charge in [0.05, 0.1) is 12.2 Å². The van der Waals surface area contributed by atoms with Crippen LogP contribution in [0.5, 0.6) is 0 Å². The number of hydrogen-bond donors (Lipinski definition) is 1. The van der Waals surface area contributed by atoms with Crippen molar-refractivity contribution in [3.05, 3.63) is 35.8 Å². The molecule has 1 aromatic heterocycles. The summed E-state index contributed by atoms with van der Waals surface area (Å²) < 4.78 is 15.2. The van der Waals surface area contributed by atoms with Crippen molar-refractivity contribution in [2.45, 2.75) is 24.8 Å². The van der Waals surface area contributed by atoms with Crippen LogP contribution in [0.2, 0.25) is 0 Å². The van der Waals surface area contributed by atoms with Crippen LogP contribution in [0.3, 0.4) is 0 Å². The van der Waals surface area contributed by atoms with Gasteiger partial charge in [-0.15, -0.1) is 16.9 Å². The second-order valence-electron chi connectivity index (χ2n) is 3.78. The van der Waals surface area contributed by atoms with Crippen LogP contribution in [0.1, 0.15) is 12.6 Å². The summed E-state index contributed by atoms with van der Waals surface area (Å²) in [5.41, 5.74) is 6.63. The maximum absolute atomic E-state index is 13.4. The lowest BCUT2D eigenvalue weighted by atomic mass is 10.3. The number of nitrogen functional groups attached to an aromatic ring is 1. The van der Waals surface area contributed by atoms with E-state index >= 15 is 0 Å². The largest absolute Gasteiger partial charge is 0.381 e. The quantitative estimate of drug-likeness (QED) is 0.844. The summed E-state index contributed by atoms with van der Waals surface area (Å²) in [5.74, 6) is 1.03. The van der Waals surface area contributed by atoms with Crippen LogP contribution in [0.25, 0.3) is 0 Å². The molecular weight excluding hydrogens is 251 g/mol. The Morgan fingerprint density at radius 3 is 2.89 bits per heavy atom. The molecule has 18 heavy (non-hydrogen) atoms. The predicted octanol–water partition coefficient (Wildman–Crippen LogP) is 2.35. The maximum Gasteiger partial charge on any atom is 0.169 e. The SMILES string of the molecule is CCc1c(N)nnn1CCSc1ccccc1F. The standard InChI is InChI=1S/C12H15FN4S/c1-2-10-12(14)15-16-17(10)7-8-18-11-6-4-3-5-9(11)13/h3-6H,2,7-8,14H2,1H3. The zero-order valence-electron chi connectivity index (χ0n) is 10.1. The van der Waals surface area contributed by atoms with Crippen molar-refractivity contribution >= 4 is 17.6 Å². The van der Waals surface area contributed by atoms with Gasteiger partial charge in [0.15, 0.2) is 5.82 Å². The van der Waals surface area contributed by atoms with Crippen LogP contribution in [-0.2, 0) is 13.0 Å². The van der Waals surface area contributed by atoms with E-state index in [2.05, 4.69) is 10.3 Å². The number of thioether (sulfide) groups is 1. The molecule has 1 aromatic carbocycles. The van der Waals surface area contributed by atoms with E-state index < -0.39 is 0 Å². The minimum absolute atomic E-state index is 0.184. The third kappa shape index (κ3) is 2.81. The highest BCUT2D eigenvalue weighted by Crippen LogP contribution is 2.21. The van der Waals surface area contributed by atoms with E-state index in [1.807, 2.05) is 13.0 Å².